The van der Waals surface area contributed by atoms with Crippen LogP contribution in [-0.2, 0) is 0 Å². The predicted octanol–water partition coefficient (Wildman–Crippen LogP) is 2.14. The van der Waals surface area contributed by atoms with Gasteiger partial charge < -0.3 is 5.32 Å². The molecule has 3 rings (SSSR count). The van der Waals surface area contributed by atoms with Crippen LogP contribution in [0, 0.1) is 11.8 Å². The number of aromatic nitrogens is 1. The van der Waals surface area contributed by atoms with Gasteiger partial charge >= 0.3 is 0 Å². The molecule has 3 heterocycles. The molecule has 1 aromatic rings. The molecular formula is C13H21Cl2N3. The monoisotopic (exact) mass is 289 g/mol. The average molecular weight is 290 g/mol. The molecule has 0 radical (unpaired) electrons. The van der Waals surface area contributed by atoms with Crippen LogP contribution in [0.3, 0.4) is 0 Å². The summed E-state index contributed by atoms with van der Waals surface area (Å²) in [5.74, 6) is 1.75. The summed E-state index contributed by atoms with van der Waals surface area (Å²) in [6.07, 6.45) is 3.84. The molecule has 2 fully saturated rings. The fourth-order valence-electron chi connectivity index (χ4n) is 3.04. The van der Waals surface area contributed by atoms with Crippen molar-refractivity contribution in [2.75, 3.05) is 26.2 Å². The first-order chi connectivity index (χ1) is 7.84. The minimum atomic E-state index is 0. The Kier molecular flexibility index (Phi) is 5.86. The Morgan fingerprint density at radius 1 is 1.28 bits per heavy atom. The highest BCUT2D eigenvalue weighted by Crippen LogP contribution is 2.32. The number of fused-ring (bicyclic) bond motifs is 1. The minimum Gasteiger partial charge on any atom is -0.316 e. The number of likely N-dealkylation sites (tertiary alicyclic amines) is 1. The van der Waals surface area contributed by atoms with E-state index in [1.54, 1.807) is 0 Å². The smallest absolute Gasteiger partial charge is 0.0335 e. The van der Waals surface area contributed by atoms with E-state index in [9.17, 15) is 0 Å². The van der Waals surface area contributed by atoms with Gasteiger partial charge in [-0.2, -0.15) is 0 Å². The molecule has 0 bridgehead atoms. The summed E-state index contributed by atoms with van der Waals surface area (Å²) in [5.41, 5.74) is 1.34. The second kappa shape index (κ2) is 6.71. The van der Waals surface area contributed by atoms with E-state index in [-0.39, 0.29) is 24.8 Å². The zero-order valence-electron chi connectivity index (χ0n) is 10.6. The molecule has 0 aliphatic carbocycles. The van der Waals surface area contributed by atoms with Crippen molar-refractivity contribution in [2.24, 2.45) is 11.8 Å². The first kappa shape index (κ1) is 15.7. The first-order valence-electron chi connectivity index (χ1n) is 6.19. The number of halogens is 2. The maximum atomic E-state index is 4.21. The van der Waals surface area contributed by atoms with E-state index >= 15 is 0 Å². The summed E-state index contributed by atoms with van der Waals surface area (Å²) in [5, 5.41) is 3.48. The van der Waals surface area contributed by atoms with Crippen LogP contribution in [0.2, 0.25) is 0 Å². The molecule has 1 unspecified atom stereocenters. The first-order valence-corrected chi connectivity index (χ1v) is 6.19. The average Bonchev–Trinajstić information content (AvgIpc) is 2.89. The van der Waals surface area contributed by atoms with Gasteiger partial charge in [0.25, 0.3) is 0 Å². The normalized spacial score (nSPS) is 28.1. The summed E-state index contributed by atoms with van der Waals surface area (Å²) >= 11 is 0. The van der Waals surface area contributed by atoms with Gasteiger partial charge in [-0.15, -0.1) is 24.8 Å². The SMILES string of the molecule is CC(c1cccnc1)N1C[C@H]2CNC[C@H]2C1.Cl.Cl. The topological polar surface area (TPSA) is 28.2 Å². The molecule has 2 aliphatic heterocycles. The lowest BCUT2D eigenvalue weighted by Crippen LogP contribution is -2.28. The van der Waals surface area contributed by atoms with E-state index in [1.165, 1.54) is 31.7 Å². The van der Waals surface area contributed by atoms with E-state index in [4.69, 9.17) is 0 Å². The quantitative estimate of drug-likeness (QED) is 0.904. The van der Waals surface area contributed by atoms with Gasteiger partial charge in [0.05, 0.1) is 0 Å². The Morgan fingerprint density at radius 2 is 1.94 bits per heavy atom. The van der Waals surface area contributed by atoms with Crippen LogP contribution in [0.15, 0.2) is 24.5 Å². The van der Waals surface area contributed by atoms with Gasteiger partial charge in [0.1, 0.15) is 0 Å². The lowest BCUT2D eigenvalue weighted by atomic mass is 10.0. The molecule has 5 heteroatoms. The maximum absolute atomic E-state index is 4.21. The maximum Gasteiger partial charge on any atom is 0.0335 e. The van der Waals surface area contributed by atoms with Crippen LogP contribution in [0.5, 0.6) is 0 Å². The number of pyridine rings is 1. The van der Waals surface area contributed by atoms with Crippen molar-refractivity contribution in [3.8, 4) is 0 Å². The standard InChI is InChI=1S/C13H19N3.2ClH/c1-10(11-3-2-4-14-5-11)16-8-12-6-15-7-13(12)9-16;;/h2-5,10,12-13,15H,6-9H2,1H3;2*1H/t10?,12-,13+;;. The van der Waals surface area contributed by atoms with Crippen LogP contribution in [0.1, 0.15) is 18.5 Å². The molecule has 0 saturated carbocycles. The molecule has 18 heavy (non-hydrogen) atoms. The second-order valence-corrected chi connectivity index (χ2v) is 5.09. The largest absolute Gasteiger partial charge is 0.316 e. The van der Waals surface area contributed by atoms with Gasteiger partial charge in [-0.05, 0) is 43.5 Å². The van der Waals surface area contributed by atoms with Gasteiger partial charge in [0.2, 0.25) is 0 Å². The van der Waals surface area contributed by atoms with Crippen molar-refractivity contribution < 1.29 is 0 Å². The molecule has 0 amide bonds. The second-order valence-electron chi connectivity index (χ2n) is 5.09. The zero-order chi connectivity index (χ0) is 11.0. The lowest BCUT2D eigenvalue weighted by molar-refractivity contribution is 0.243. The third-order valence-electron chi connectivity index (χ3n) is 4.13. The van der Waals surface area contributed by atoms with Crippen molar-refractivity contribution in [2.45, 2.75) is 13.0 Å². The fraction of sp³-hybridized carbons (Fsp3) is 0.615. The third-order valence-corrected chi connectivity index (χ3v) is 4.13. The highest BCUT2D eigenvalue weighted by molar-refractivity contribution is 5.85. The van der Waals surface area contributed by atoms with Crippen LogP contribution in [0.25, 0.3) is 0 Å². The van der Waals surface area contributed by atoms with Crippen LogP contribution in [0.4, 0.5) is 0 Å². The van der Waals surface area contributed by atoms with Crippen LogP contribution < -0.4 is 5.32 Å². The Morgan fingerprint density at radius 3 is 2.50 bits per heavy atom. The van der Waals surface area contributed by atoms with E-state index in [1.807, 2.05) is 18.5 Å². The Bertz CT molecular complexity index is 349. The van der Waals surface area contributed by atoms with Crippen molar-refractivity contribution in [1.82, 2.24) is 15.2 Å². The Labute approximate surface area is 121 Å². The van der Waals surface area contributed by atoms with Crippen molar-refractivity contribution >= 4 is 24.8 Å². The Hall–Kier alpha value is -0.350. The number of hydrogen-bond donors (Lipinski definition) is 1. The molecule has 0 aromatic carbocycles. The van der Waals surface area contributed by atoms with Gasteiger partial charge in [0, 0.05) is 31.5 Å². The number of nitrogens with one attached hydrogen (secondary N) is 1. The lowest BCUT2D eigenvalue weighted by Gasteiger charge is -2.25. The van der Waals surface area contributed by atoms with Gasteiger partial charge in [-0.3, -0.25) is 9.88 Å². The van der Waals surface area contributed by atoms with Crippen LogP contribution in [-0.4, -0.2) is 36.1 Å². The van der Waals surface area contributed by atoms with Crippen molar-refractivity contribution in [3.05, 3.63) is 30.1 Å². The van der Waals surface area contributed by atoms with E-state index in [0.717, 1.165) is 11.8 Å². The third kappa shape index (κ3) is 2.97. The van der Waals surface area contributed by atoms with E-state index < -0.39 is 0 Å². The molecule has 1 aromatic heterocycles. The van der Waals surface area contributed by atoms with Gasteiger partial charge in [-0.1, -0.05) is 6.07 Å². The van der Waals surface area contributed by atoms with Gasteiger partial charge in [0.15, 0.2) is 0 Å². The summed E-state index contributed by atoms with van der Waals surface area (Å²) in [6.45, 7) is 7.20. The molecule has 2 saturated heterocycles. The van der Waals surface area contributed by atoms with Crippen molar-refractivity contribution in [3.63, 3.8) is 0 Å². The fourth-order valence-corrected chi connectivity index (χ4v) is 3.04. The highest BCUT2D eigenvalue weighted by atomic mass is 35.5. The number of hydrogen-bond acceptors (Lipinski definition) is 3. The Balaban J connectivity index is 0.000000810. The number of rotatable bonds is 2. The molecule has 2 aliphatic rings. The van der Waals surface area contributed by atoms with E-state index in [2.05, 4.69) is 28.2 Å². The number of nitrogens with zero attached hydrogens (tertiary/aromatic N) is 2. The van der Waals surface area contributed by atoms with E-state index in [0.29, 0.717) is 6.04 Å². The zero-order valence-corrected chi connectivity index (χ0v) is 12.2. The van der Waals surface area contributed by atoms with Gasteiger partial charge in [-0.25, -0.2) is 0 Å². The molecular weight excluding hydrogens is 269 g/mol. The molecule has 0 spiro atoms. The van der Waals surface area contributed by atoms with Crippen LogP contribution >= 0.6 is 24.8 Å². The minimum absolute atomic E-state index is 0. The van der Waals surface area contributed by atoms with Crippen molar-refractivity contribution in [1.29, 1.82) is 0 Å². The summed E-state index contributed by atoms with van der Waals surface area (Å²) < 4.78 is 0. The summed E-state index contributed by atoms with van der Waals surface area (Å²) in [4.78, 5) is 6.81. The molecule has 1 N–H and O–H groups in total. The molecule has 3 nitrogen and oxygen atoms in total. The highest BCUT2D eigenvalue weighted by Gasteiger charge is 2.37. The molecule has 3 atom stereocenters. The molecule has 102 valence electrons. The summed E-state index contributed by atoms with van der Waals surface area (Å²) in [7, 11) is 0. The summed E-state index contributed by atoms with van der Waals surface area (Å²) in [6, 6.07) is 4.73. The predicted molar refractivity (Wildman–Crippen MR) is 78.6 cm³/mol.